The number of nitrogens with zero attached hydrogens (tertiary/aromatic N) is 4. The topological polar surface area (TPSA) is 148 Å². The van der Waals surface area contributed by atoms with Crippen LogP contribution in [0.25, 0.3) is 11.0 Å². The second-order valence-electron chi connectivity index (χ2n) is 8.25. The molecule has 2 aromatic heterocycles. The minimum absolute atomic E-state index is 0.0904. The van der Waals surface area contributed by atoms with Crippen molar-refractivity contribution in [3.63, 3.8) is 0 Å². The SMILES string of the molecule is NC(=O)c1ccccc1CCc1nc(C2CCCCN2S(=O)(=O)c2nc3ccccc3[nH]2)no1. The third-order valence-corrected chi connectivity index (χ3v) is 7.78. The Bertz CT molecular complexity index is 1410. The molecule has 2 aromatic carbocycles. The minimum atomic E-state index is -3.89. The van der Waals surface area contributed by atoms with Crippen molar-refractivity contribution in [2.75, 3.05) is 6.54 Å². The van der Waals surface area contributed by atoms with Crippen molar-refractivity contribution < 1.29 is 17.7 Å². The molecule has 1 saturated heterocycles. The Hall–Kier alpha value is -3.57. The number of aromatic amines is 1. The van der Waals surface area contributed by atoms with Crippen molar-refractivity contribution in [1.82, 2.24) is 24.4 Å². The number of carbonyl (C=O) groups excluding carboxylic acids is 1. The highest BCUT2D eigenvalue weighted by Gasteiger charge is 2.38. The van der Waals surface area contributed by atoms with E-state index in [9.17, 15) is 13.2 Å². The Morgan fingerprint density at radius 3 is 2.71 bits per heavy atom. The van der Waals surface area contributed by atoms with Gasteiger partial charge in [-0.25, -0.2) is 13.4 Å². The van der Waals surface area contributed by atoms with Gasteiger partial charge in [0.2, 0.25) is 17.0 Å². The lowest BCUT2D eigenvalue weighted by Gasteiger charge is -2.31. The number of piperidine rings is 1. The molecule has 0 bridgehead atoms. The number of nitrogens with two attached hydrogens (primary N) is 1. The molecule has 0 aliphatic carbocycles. The number of para-hydroxylation sites is 2. The maximum Gasteiger partial charge on any atom is 0.277 e. The third-order valence-electron chi connectivity index (χ3n) is 6.05. The maximum absolute atomic E-state index is 13.5. The highest BCUT2D eigenvalue weighted by molar-refractivity contribution is 7.89. The van der Waals surface area contributed by atoms with Crippen LogP contribution in [-0.2, 0) is 22.9 Å². The average Bonchev–Trinajstić information content (AvgIpc) is 3.50. The van der Waals surface area contributed by atoms with Gasteiger partial charge in [0.05, 0.1) is 17.1 Å². The predicted octanol–water partition coefficient (Wildman–Crippen LogP) is 2.75. The molecule has 5 rings (SSSR count). The van der Waals surface area contributed by atoms with E-state index >= 15 is 0 Å². The van der Waals surface area contributed by atoms with Crippen LogP contribution >= 0.6 is 0 Å². The van der Waals surface area contributed by atoms with E-state index in [1.165, 1.54) is 4.31 Å². The van der Waals surface area contributed by atoms with Crippen molar-refractivity contribution in [1.29, 1.82) is 0 Å². The number of aromatic nitrogens is 4. The van der Waals surface area contributed by atoms with Crippen LogP contribution in [0.3, 0.4) is 0 Å². The number of sulfonamides is 1. The zero-order valence-corrected chi connectivity index (χ0v) is 19.2. The first kappa shape index (κ1) is 22.2. The van der Waals surface area contributed by atoms with Crippen molar-refractivity contribution in [3.8, 4) is 0 Å². The summed E-state index contributed by atoms with van der Waals surface area (Å²) < 4.78 is 33.8. The number of hydrogen-bond acceptors (Lipinski definition) is 7. The van der Waals surface area contributed by atoms with Crippen LogP contribution in [0.5, 0.6) is 0 Å². The molecule has 34 heavy (non-hydrogen) atoms. The fourth-order valence-corrected chi connectivity index (χ4v) is 5.92. The summed E-state index contributed by atoms with van der Waals surface area (Å²) in [5.41, 5.74) is 7.95. The average molecular weight is 481 g/mol. The molecule has 3 N–H and O–H groups in total. The molecule has 0 saturated carbocycles. The summed E-state index contributed by atoms with van der Waals surface area (Å²) in [6.45, 7) is 0.347. The molecule has 10 nitrogen and oxygen atoms in total. The molecule has 1 amide bonds. The molecule has 1 fully saturated rings. The Labute approximate surface area is 196 Å². The number of carbonyl (C=O) groups is 1. The summed E-state index contributed by atoms with van der Waals surface area (Å²) in [7, 11) is -3.89. The fourth-order valence-electron chi connectivity index (χ4n) is 4.34. The summed E-state index contributed by atoms with van der Waals surface area (Å²) >= 11 is 0. The number of nitrogens with one attached hydrogen (secondary N) is 1. The number of primary amides is 1. The number of imidazole rings is 1. The molecule has 11 heteroatoms. The second-order valence-corrected chi connectivity index (χ2v) is 10.1. The smallest absolute Gasteiger partial charge is 0.277 e. The van der Waals surface area contributed by atoms with Gasteiger partial charge in [-0.15, -0.1) is 0 Å². The second kappa shape index (κ2) is 8.99. The molecule has 1 unspecified atom stereocenters. The standard InChI is InChI=1S/C23H24N6O4S/c24-21(30)16-8-2-1-7-15(16)12-13-20-27-22(28-33-20)19-11-5-6-14-29(19)34(31,32)23-25-17-9-3-4-10-18(17)26-23/h1-4,7-10,19H,5-6,11-14H2,(H2,24,30)(H,25,26). The van der Waals surface area contributed by atoms with Crippen molar-refractivity contribution >= 4 is 27.0 Å². The van der Waals surface area contributed by atoms with E-state index in [0.717, 1.165) is 18.4 Å². The zero-order valence-electron chi connectivity index (χ0n) is 18.3. The quantitative estimate of drug-likeness (QED) is 0.413. The fraction of sp³-hybridized carbons (Fsp3) is 0.304. The van der Waals surface area contributed by atoms with Gasteiger partial charge >= 0.3 is 0 Å². The first-order valence-electron chi connectivity index (χ1n) is 11.1. The first-order valence-corrected chi connectivity index (χ1v) is 12.5. The van der Waals surface area contributed by atoms with E-state index in [2.05, 4.69) is 20.1 Å². The van der Waals surface area contributed by atoms with Crippen LogP contribution in [0, 0.1) is 0 Å². The lowest BCUT2D eigenvalue weighted by atomic mass is 10.0. The molecule has 4 aromatic rings. The zero-order chi connectivity index (χ0) is 23.7. The lowest BCUT2D eigenvalue weighted by Crippen LogP contribution is -2.39. The van der Waals surface area contributed by atoms with Crippen molar-refractivity contribution in [2.45, 2.75) is 43.3 Å². The summed E-state index contributed by atoms with van der Waals surface area (Å²) in [5.74, 6) is 0.217. The van der Waals surface area contributed by atoms with Crippen LogP contribution in [0.2, 0.25) is 0 Å². The number of amides is 1. The van der Waals surface area contributed by atoms with Crippen LogP contribution in [0.15, 0.2) is 58.2 Å². The van der Waals surface area contributed by atoms with E-state index < -0.39 is 22.0 Å². The van der Waals surface area contributed by atoms with Crippen LogP contribution < -0.4 is 5.73 Å². The van der Waals surface area contributed by atoms with E-state index in [4.69, 9.17) is 10.3 Å². The number of H-pyrrole nitrogens is 1. The third kappa shape index (κ3) is 4.19. The Morgan fingerprint density at radius 2 is 1.88 bits per heavy atom. The molecule has 176 valence electrons. The summed E-state index contributed by atoms with van der Waals surface area (Å²) in [4.78, 5) is 23.4. The van der Waals surface area contributed by atoms with Crippen LogP contribution in [0.4, 0.5) is 0 Å². The molecule has 3 heterocycles. The highest BCUT2D eigenvalue weighted by Crippen LogP contribution is 2.34. The summed E-state index contributed by atoms with van der Waals surface area (Å²) in [6, 6.07) is 13.8. The van der Waals surface area contributed by atoms with Gasteiger partial charge in [-0.3, -0.25) is 4.79 Å². The minimum Gasteiger partial charge on any atom is -0.366 e. The van der Waals surface area contributed by atoms with Crippen LogP contribution in [0.1, 0.15) is 52.9 Å². The van der Waals surface area contributed by atoms with Gasteiger partial charge in [-0.1, -0.05) is 41.9 Å². The maximum atomic E-state index is 13.5. The molecule has 0 radical (unpaired) electrons. The van der Waals surface area contributed by atoms with Gasteiger partial charge in [0.1, 0.15) is 0 Å². The molecule has 1 aliphatic rings. The first-order chi connectivity index (χ1) is 16.4. The Balaban J connectivity index is 1.37. The van der Waals surface area contributed by atoms with E-state index in [0.29, 0.717) is 54.1 Å². The normalized spacial score (nSPS) is 17.2. The number of aryl methyl sites for hydroxylation is 2. The number of hydrogen-bond donors (Lipinski definition) is 2. The van der Waals surface area contributed by atoms with E-state index in [1.807, 2.05) is 24.3 Å². The summed E-state index contributed by atoms with van der Waals surface area (Å²) in [6.07, 6.45) is 3.08. The number of benzene rings is 2. The Morgan fingerprint density at radius 1 is 1.09 bits per heavy atom. The van der Waals surface area contributed by atoms with Gasteiger partial charge in [0, 0.05) is 18.5 Å². The largest absolute Gasteiger partial charge is 0.366 e. The van der Waals surface area contributed by atoms with Gasteiger partial charge in [0.15, 0.2) is 5.82 Å². The summed E-state index contributed by atoms with van der Waals surface area (Å²) in [5, 5.41) is 4.01. The highest BCUT2D eigenvalue weighted by atomic mass is 32.2. The number of rotatable bonds is 7. The van der Waals surface area contributed by atoms with Gasteiger partial charge in [-0.2, -0.15) is 9.29 Å². The molecule has 0 spiro atoms. The Kier molecular flexibility index (Phi) is 5.88. The van der Waals surface area contributed by atoms with Crippen LogP contribution in [-0.4, -0.2) is 45.3 Å². The predicted molar refractivity (Wildman–Crippen MR) is 123 cm³/mol. The van der Waals surface area contributed by atoms with Gasteiger partial charge in [0.25, 0.3) is 10.0 Å². The van der Waals surface area contributed by atoms with Gasteiger partial charge in [-0.05, 0) is 43.0 Å². The van der Waals surface area contributed by atoms with Gasteiger partial charge < -0.3 is 15.2 Å². The molecular weight excluding hydrogens is 456 g/mol. The van der Waals surface area contributed by atoms with Crippen molar-refractivity contribution in [3.05, 3.63) is 71.4 Å². The molecule has 1 aliphatic heterocycles. The van der Waals surface area contributed by atoms with E-state index in [1.54, 1.807) is 24.3 Å². The van der Waals surface area contributed by atoms with E-state index in [-0.39, 0.29) is 5.16 Å². The monoisotopic (exact) mass is 480 g/mol. The molecule has 1 atom stereocenters. The lowest BCUT2D eigenvalue weighted by molar-refractivity contribution is 0.0999. The molecular formula is C23H24N6O4S. The number of fused-ring (bicyclic) bond motifs is 1. The van der Waals surface area contributed by atoms with Crippen molar-refractivity contribution in [2.24, 2.45) is 5.73 Å².